The second-order valence-corrected chi connectivity index (χ2v) is 4.32. The molecule has 4 nitrogen and oxygen atoms in total. The third-order valence-corrected chi connectivity index (χ3v) is 3.13. The minimum Gasteiger partial charge on any atom is -0.497 e. The highest BCUT2D eigenvalue weighted by Gasteiger charge is 2.22. The summed E-state index contributed by atoms with van der Waals surface area (Å²) in [4.78, 5) is 13.3. The number of benzene rings is 1. The van der Waals surface area contributed by atoms with Crippen molar-refractivity contribution >= 4 is 5.91 Å². The lowest BCUT2D eigenvalue weighted by Crippen LogP contribution is -2.32. The molecule has 1 fully saturated rings. The van der Waals surface area contributed by atoms with E-state index in [1.165, 1.54) is 0 Å². The molecule has 0 saturated carbocycles. The fraction of sp³-hybridized carbons (Fsp3) is 0.462. The van der Waals surface area contributed by atoms with Gasteiger partial charge in [0.15, 0.2) is 0 Å². The van der Waals surface area contributed by atoms with Crippen LogP contribution in [0, 0.1) is 0 Å². The molecule has 92 valence electrons. The lowest BCUT2D eigenvalue weighted by Gasteiger charge is -2.21. The van der Waals surface area contributed by atoms with E-state index in [1.54, 1.807) is 7.11 Å². The van der Waals surface area contributed by atoms with Crippen molar-refractivity contribution in [2.45, 2.75) is 18.9 Å². The van der Waals surface area contributed by atoms with Crippen LogP contribution in [0.25, 0.3) is 0 Å². The van der Waals surface area contributed by atoms with Crippen molar-refractivity contribution in [1.82, 2.24) is 4.90 Å². The maximum atomic E-state index is 11.5. The molecule has 2 rings (SSSR count). The van der Waals surface area contributed by atoms with E-state index in [0.717, 1.165) is 24.3 Å². The Morgan fingerprint density at radius 1 is 1.41 bits per heavy atom. The predicted octanol–water partition coefficient (Wildman–Crippen LogP) is 1.32. The summed E-state index contributed by atoms with van der Waals surface area (Å²) in [6.07, 6.45) is 1.61. The molecule has 1 heterocycles. The first-order chi connectivity index (χ1) is 8.20. The topological polar surface area (TPSA) is 55.6 Å². The average Bonchev–Trinajstić information content (AvgIpc) is 2.75. The van der Waals surface area contributed by atoms with Crippen LogP contribution in [0.4, 0.5) is 0 Å². The van der Waals surface area contributed by atoms with Crippen LogP contribution in [0.15, 0.2) is 24.3 Å². The summed E-state index contributed by atoms with van der Waals surface area (Å²) in [6, 6.07) is 7.55. The van der Waals surface area contributed by atoms with Crippen LogP contribution in [0.5, 0.6) is 5.75 Å². The first-order valence-corrected chi connectivity index (χ1v) is 5.88. The third-order valence-electron chi connectivity index (χ3n) is 3.13. The quantitative estimate of drug-likeness (QED) is 0.854. The minimum absolute atomic E-state index is 0.122. The molecule has 0 bridgehead atoms. The average molecular weight is 234 g/mol. The van der Waals surface area contributed by atoms with E-state index in [-0.39, 0.29) is 11.9 Å². The molecule has 0 aromatic heterocycles. The maximum Gasteiger partial charge on any atom is 0.222 e. The summed E-state index contributed by atoms with van der Waals surface area (Å²) in [5.74, 6) is 1.03. The number of hydrogen-bond donors (Lipinski definition) is 1. The van der Waals surface area contributed by atoms with Gasteiger partial charge in [0.1, 0.15) is 5.75 Å². The molecule has 1 aromatic carbocycles. The molecule has 1 aromatic rings. The van der Waals surface area contributed by atoms with Gasteiger partial charge >= 0.3 is 0 Å². The summed E-state index contributed by atoms with van der Waals surface area (Å²) < 4.78 is 5.09. The van der Waals surface area contributed by atoms with Gasteiger partial charge in [-0.05, 0) is 24.1 Å². The molecule has 1 unspecified atom stereocenters. The van der Waals surface area contributed by atoms with Crippen molar-refractivity contribution in [2.24, 2.45) is 5.73 Å². The van der Waals surface area contributed by atoms with Gasteiger partial charge in [0.25, 0.3) is 0 Å². The zero-order valence-corrected chi connectivity index (χ0v) is 10.1. The standard InChI is InChI=1S/C13H18N2O2/c1-17-11-6-4-10(5-7-11)12(14)9-15-8-2-3-13(15)16/h4-7,12H,2-3,8-9,14H2,1H3. The van der Waals surface area contributed by atoms with Gasteiger partial charge in [-0.25, -0.2) is 0 Å². The number of nitrogens with two attached hydrogens (primary N) is 1. The van der Waals surface area contributed by atoms with Crippen LogP contribution < -0.4 is 10.5 Å². The molecule has 1 amide bonds. The number of methoxy groups -OCH3 is 1. The minimum atomic E-state index is -0.122. The lowest BCUT2D eigenvalue weighted by atomic mass is 10.1. The number of rotatable bonds is 4. The van der Waals surface area contributed by atoms with E-state index in [4.69, 9.17) is 10.5 Å². The van der Waals surface area contributed by atoms with Gasteiger partial charge in [-0.3, -0.25) is 4.79 Å². The normalized spacial score (nSPS) is 17.3. The highest BCUT2D eigenvalue weighted by atomic mass is 16.5. The molecule has 2 N–H and O–H groups in total. The van der Waals surface area contributed by atoms with Gasteiger partial charge in [0.05, 0.1) is 7.11 Å². The summed E-state index contributed by atoms with van der Waals surface area (Å²) in [5.41, 5.74) is 7.13. The largest absolute Gasteiger partial charge is 0.497 e. The van der Waals surface area contributed by atoms with Crippen LogP contribution in [0.2, 0.25) is 0 Å². The third kappa shape index (κ3) is 2.77. The van der Waals surface area contributed by atoms with Gasteiger partial charge in [-0.15, -0.1) is 0 Å². The van der Waals surface area contributed by atoms with Crippen molar-refractivity contribution in [1.29, 1.82) is 0 Å². The summed E-state index contributed by atoms with van der Waals surface area (Å²) >= 11 is 0. The number of likely N-dealkylation sites (tertiary alicyclic amines) is 1. The van der Waals surface area contributed by atoms with Crippen LogP contribution in [-0.4, -0.2) is 31.0 Å². The Kier molecular flexibility index (Phi) is 3.64. The highest BCUT2D eigenvalue weighted by molar-refractivity contribution is 5.78. The Morgan fingerprint density at radius 3 is 2.65 bits per heavy atom. The zero-order valence-electron chi connectivity index (χ0n) is 10.1. The molecule has 1 saturated heterocycles. The van der Waals surface area contributed by atoms with E-state index in [9.17, 15) is 4.79 Å². The van der Waals surface area contributed by atoms with Crippen LogP contribution in [-0.2, 0) is 4.79 Å². The molecule has 17 heavy (non-hydrogen) atoms. The predicted molar refractivity (Wildman–Crippen MR) is 65.7 cm³/mol. The van der Waals surface area contributed by atoms with Crippen molar-refractivity contribution < 1.29 is 9.53 Å². The van der Waals surface area contributed by atoms with Gasteiger partial charge < -0.3 is 15.4 Å². The summed E-state index contributed by atoms with van der Waals surface area (Å²) in [5, 5.41) is 0. The van der Waals surface area contributed by atoms with Gasteiger partial charge in [0, 0.05) is 25.6 Å². The van der Waals surface area contributed by atoms with E-state index in [0.29, 0.717) is 13.0 Å². The molecular weight excluding hydrogens is 216 g/mol. The smallest absolute Gasteiger partial charge is 0.222 e. The van der Waals surface area contributed by atoms with E-state index in [1.807, 2.05) is 29.2 Å². The Bertz CT molecular complexity index is 389. The molecule has 1 aliphatic rings. The van der Waals surface area contributed by atoms with E-state index in [2.05, 4.69) is 0 Å². The fourth-order valence-corrected chi connectivity index (χ4v) is 2.09. The molecule has 0 aliphatic carbocycles. The van der Waals surface area contributed by atoms with Crippen molar-refractivity contribution in [3.8, 4) is 5.75 Å². The number of amides is 1. The number of carbonyl (C=O) groups is 1. The number of ether oxygens (including phenoxy) is 1. The summed E-state index contributed by atoms with van der Waals surface area (Å²) in [6.45, 7) is 1.44. The first-order valence-electron chi connectivity index (χ1n) is 5.88. The Balaban J connectivity index is 1.98. The van der Waals surface area contributed by atoms with Crippen molar-refractivity contribution in [3.05, 3.63) is 29.8 Å². The molecule has 1 atom stereocenters. The van der Waals surface area contributed by atoms with Crippen LogP contribution in [0.1, 0.15) is 24.4 Å². The van der Waals surface area contributed by atoms with Gasteiger partial charge in [0.2, 0.25) is 5.91 Å². The Morgan fingerprint density at radius 2 is 2.12 bits per heavy atom. The maximum absolute atomic E-state index is 11.5. The molecule has 0 spiro atoms. The lowest BCUT2D eigenvalue weighted by molar-refractivity contribution is -0.127. The molecular formula is C13H18N2O2. The van der Waals surface area contributed by atoms with E-state index >= 15 is 0 Å². The zero-order chi connectivity index (χ0) is 12.3. The SMILES string of the molecule is COc1ccc(C(N)CN2CCCC2=O)cc1. The molecule has 4 heteroatoms. The Hall–Kier alpha value is -1.55. The monoisotopic (exact) mass is 234 g/mol. The van der Waals surface area contributed by atoms with E-state index < -0.39 is 0 Å². The second-order valence-electron chi connectivity index (χ2n) is 4.32. The van der Waals surface area contributed by atoms with Crippen LogP contribution in [0.3, 0.4) is 0 Å². The highest BCUT2D eigenvalue weighted by Crippen LogP contribution is 2.19. The van der Waals surface area contributed by atoms with Crippen LogP contribution >= 0.6 is 0 Å². The number of hydrogen-bond acceptors (Lipinski definition) is 3. The first kappa shape index (κ1) is 11.9. The number of nitrogens with zero attached hydrogens (tertiary/aromatic N) is 1. The summed E-state index contributed by atoms with van der Waals surface area (Å²) in [7, 11) is 1.64. The second kappa shape index (κ2) is 5.19. The molecule has 1 aliphatic heterocycles. The van der Waals surface area contributed by atoms with Crippen molar-refractivity contribution in [2.75, 3.05) is 20.2 Å². The molecule has 0 radical (unpaired) electrons. The van der Waals surface area contributed by atoms with Gasteiger partial charge in [-0.1, -0.05) is 12.1 Å². The fourth-order valence-electron chi connectivity index (χ4n) is 2.09. The van der Waals surface area contributed by atoms with Gasteiger partial charge in [-0.2, -0.15) is 0 Å². The number of carbonyl (C=O) groups excluding carboxylic acids is 1. The van der Waals surface area contributed by atoms with Crippen molar-refractivity contribution in [3.63, 3.8) is 0 Å². The Labute approximate surface area is 101 Å².